The summed E-state index contributed by atoms with van der Waals surface area (Å²) >= 11 is 1.15. The van der Waals surface area contributed by atoms with E-state index in [1.165, 1.54) is 10.9 Å². The number of carbonyl (C=O) groups is 1. The van der Waals surface area contributed by atoms with Gasteiger partial charge in [0.2, 0.25) is 0 Å². The maximum absolute atomic E-state index is 11.8. The molecular weight excluding hydrogens is 233 g/mol. The topological polar surface area (TPSA) is 62.2 Å². The number of aliphatic hydroxyl groups excluding tert-OH is 1. The summed E-state index contributed by atoms with van der Waals surface area (Å²) < 4.78 is 35.5. The Balaban J connectivity index is 2.42. The first-order chi connectivity index (χ1) is 6.91. The number of hydrogen-bond donors (Lipinski definition) is 2. The summed E-state index contributed by atoms with van der Waals surface area (Å²) in [5.74, 6) is -0.737. The van der Waals surface area contributed by atoms with Crippen LogP contribution in [0, 0.1) is 0 Å². The number of alkyl halides is 3. The number of halogens is 3. The number of hydrogen-bond acceptors (Lipinski definition) is 4. The molecule has 0 saturated heterocycles. The molecule has 1 rings (SSSR count). The highest BCUT2D eigenvalue weighted by Crippen LogP contribution is 2.19. The van der Waals surface area contributed by atoms with E-state index in [0.29, 0.717) is 0 Å². The van der Waals surface area contributed by atoms with Crippen molar-refractivity contribution in [3.05, 3.63) is 16.6 Å². The fraction of sp³-hybridized carbons (Fsp3) is 0.429. The number of amides is 1. The third kappa shape index (κ3) is 3.48. The largest absolute Gasteiger partial charge is 0.416 e. The molecule has 15 heavy (non-hydrogen) atoms. The second-order valence-corrected chi connectivity index (χ2v) is 3.36. The summed E-state index contributed by atoms with van der Waals surface area (Å²) in [5, 5.41) is 11.9. The molecule has 0 radical (unpaired) electrons. The number of carbonyl (C=O) groups excluding carboxylic acids is 1. The molecule has 0 bridgehead atoms. The Morgan fingerprint density at radius 3 is 2.80 bits per heavy atom. The molecule has 0 saturated carbocycles. The molecule has 1 unspecified atom stereocenters. The van der Waals surface area contributed by atoms with Crippen LogP contribution < -0.4 is 5.32 Å². The number of thiazole rings is 1. The number of rotatable bonds is 3. The van der Waals surface area contributed by atoms with Crippen LogP contribution in [0.25, 0.3) is 0 Å². The van der Waals surface area contributed by atoms with Crippen LogP contribution in [0.2, 0.25) is 0 Å². The first-order valence-electron chi connectivity index (χ1n) is 3.82. The summed E-state index contributed by atoms with van der Waals surface area (Å²) in [6, 6.07) is 0. The first kappa shape index (κ1) is 11.9. The summed E-state index contributed by atoms with van der Waals surface area (Å²) in [6.45, 7) is -0.875. The minimum atomic E-state index is -4.73. The third-order valence-corrected chi connectivity index (χ3v) is 2.09. The molecule has 1 aromatic heterocycles. The Morgan fingerprint density at radius 1 is 1.67 bits per heavy atom. The van der Waals surface area contributed by atoms with Crippen molar-refractivity contribution in [1.82, 2.24) is 10.3 Å². The normalized spacial score (nSPS) is 13.6. The van der Waals surface area contributed by atoms with E-state index in [1.54, 1.807) is 0 Å². The highest BCUT2D eigenvalue weighted by molar-refractivity contribution is 7.07. The van der Waals surface area contributed by atoms with Gasteiger partial charge in [0.25, 0.3) is 5.91 Å². The predicted octanol–water partition coefficient (Wildman–Crippen LogP) is 0.796. The van der Waals surface area contributed by atoms with Crippen LogP contribution in [0.15, 0.2) is 10.9 Å². The molecule has 0 aliphatic heterocycles. The van der Waals surface area contributed by atoms with Crippen molar-refractivity contribution in [2.45, 2.75) is 12.3 Å². The van der Waals surface area contributed by atoms with E-state index in [9.17, 15) is 18.0 Å². The predicted molar refractivity (Wildman–Crippen MR) is 46.5 cm³/mol. The SMILES string of the molecule is O=C(NCC(O)C(F)(F)F)c1cscn1. The molecule has 0 spiro atoms. The Kier molecular flexibility index (Phi) is 3.64. The maximum Gasteiger partial charge on any atom is 0.416 e. The van der Waals surface area contributed by atoms with Gasteiger partial charge >= 0.3 is 6.18 Å². The van der Waals surface area contributed by atoms with Crippen molar-refractivity contribution in [1.29, 1.82) is 0 Å². The molecule has 84 valence electrons. The van der Waals surface area contributed by atoms with Crippen molar-refractivity contribution in [3.63, 3.8) is 0 Å². The lowest BCUT2D eigenvalue weighted by Gasteiger charge is -2.14. The maximum atomic E-state index is 11.8. The van der Waals surface area contributed by atoms with Gasteiger partial charge < -0.3 is 10.4 Å². The zero-order valence-electron chi connectivity index (χ0n) is 7.28. The number of nitrogens with zero attached hydrogens (tertiary/aromatic N) is 1. The Labute approximate surface area is 86.8 Å². The second-order valence-electron chi connectivity index (χ2n) is 2.64. The lowest BCUT2D eigenvalue weighted by Crippen LogP contribution is -2.40. The molecule has 8 heteroatoms. The fourth-order valence-electron chi connectivity index (χ4n) is 0.720. The minimum absolute atomic E-state index is 0.0365. The van der Waals surface area contributed by atoms with Gasteiger partial charge in [0.1, 0.15) is 5.69 Å². The Hall–Kier alpha value is -1.15. The highest BCUT2D eigenvalue weighted by atomic mass is 32.1. The molecule has 0 aliphatic rings. The summed E-state index contributed by atoms with van der Waals surface area (Å²) in [7, 11) is 0. The molecule has 1 heterocycles. The molecular formula is C7H7F3N2O2S. The van der Waals surface area contributed by atoms with E-state index in [0.717, 1.165) is 11.3 Å². The zero-order chi connectivity index (χ0) is 11.5. The van der Waals surface area contributed by atoms with Gasteiger partial charge in [-0.05, 0) is 0 Å². The molecule has 0 aliphatic carbocycles. The van der Waals surface area contributed by atoms with Crippen LogP contribution in [0.4, 0.5) is 13.2 Å². The van der Waals surface area contributed by atoms with Gasteiger partial charge in [-0.1, -0.05) is 0 Å². The average Bonchev–Trinajstić information content (AvgIpc) is 2.64. The highest BCUT2D eigenvalue weighted by Gasteiger charge is 2.38. The van der Waals surface area contributed by atoms with Crippen molar-refractivity contribution < 1.29 is 23.1 Å². The zero-order valence-corrected chi connectivity index (χ0v) is 8.10. The molecule has 0 fully saturated rings. The van der Waals surface area contributed by atoms with E-state index in [2.05, 4.69) is 4.98 Å². The van der Waals surface area contributed by atoms with Gasteiger partial charge in [0.05, 0.1) is 12.1 Å². The summed E-state index contributed by atoms with van der Waals surface area (Å²) in [6.07, 6.45) is -7.28. The van der Waals surface area contributed by atoms with E-state index >= 15 is 0 Å². The van der Waals surface area contributed by atoms with Crippen molar-refractivity contribution in [2.75, 3.05) is 6.54 Å². The van der Waals surface area contributed by atoms with Crippen LogP contribution in [-0.2, 0) is 0 Å². The number of aliphatic hydroxyl groups is 1. The molecule has 4 nitrogen and oxygen atoms in total. The average molecular weight is 240 g/mol. The Morgan fingerprint density at radius 2 is 2.33 bits per heavy atom. The molecule has 1 aromatic rings. The first-order valence-corrected chi connectivity index (χ1v) is 4.76. The smallest absolute Gasteiger partial charge is 0.382 e. The Bertz CT molecular complexity index is 325. The van der Waals surface area contributed by atoms with Crippen molar-refractivity contribution in [2.24, 2.45) is 0 Å². The van der Waals surface area contributed by atoms with Gasteiger partial charge in [-0.2, -0.15) is 13.2 Å². The van der Waals surface area contributed by atoms with Gasteiger partial charge in [-0.25, -0.2) is 4.98 Å². The van der Waals surface area contributed by atoms with Crippen LogP contribution in [0.3, 0.4) is 0 Å². The van der Waals surface area contributed by atoms with Crippen molar-refractivity contribution in [3.8, 4) is 0 Å². The van der Waals surface area contributed by atoms with Gasteiger partial charge in [-0.15, -0.1) is 11.3 Å². The molecule has 1 atom stereocenters. The second kappa shape index (κ2) is 4.58. The lowest BCUT2D eigenvalue weighted by atomic mass is 10.3. The van der Waals surface area contributed by atoms with E-state index < -0.39 is 24.7 Å². The van der Waals surface area contributed by atoms with E-state index in [1.807, 2.05) is 5.32 Å². The molecule has 0 aromatic carbocycles. The van der Waals surface area contributed by atoms with E-state index in [-0.39, 0.29) is 5.69 Å². The molecule has 2 N–H and O–H groups in total. The van der Waals surface area contributed by atoms with Crippen LogP contribution in [0.1, 0.15) is 10.5 Å². The minimum Gasteiger partial charge on any atom is -0.382 e. The van der Waals surface area contributed by atoms with Crippen molar-refractivity contribution >= 4 is 17.2 Å². The quantitative estimate of drug-likeness (QED) is 0.821. The monoisotopic (exact) mass is 240 g/mol. The van der Waals surface area contributed by atoms with Gasteiger partial charge in [0, 0.05) is 5.38 Å². The summed E-state index contributed by atoms with van der Waals surface area (Å²) in [4.78, 5) is 14.7. The third-order valence-electron chi connectivity index (χ3n) is 1.50. The van der Waals surface area contributed by atoms with Gasteiger partial charge in [-0.3, -0.25) is 4.79 Å². The number of aromatic nitrogens is 1. The fourth-order valence-corrected chi connectivity index (χ4v) is 1.25. The van der Waals surface area contributed by atoms with E-state index in [4.69, 9.17) is 5.11 Å². The van der Waals surface area contributed by atoms with Crippen LogP contribution in [0.5, 0.6) is 0 Å². The van der Waals surface area contributed by atoms with Gasteiger partial charge in [0.15, 0.2) is 6.10 Å². The van der Waals surface area contributed by atoms with Crippen LogP contribution >= 0.6 is 11.3 Å². The number of nitrogens with one attached hydrogen (secondary N) is 1. The lowest BCUT2D eigenvalue weighted by molar-refractivity contribution is -0.201. The molecule has 1 amide bonds. The summed E-state index contributed by atoms with van der Waals surface area (Å²) in [5.41, 5.74) is 1.42. The van der Waals surface area contributed by atoms with Crippen LogP contribution in [-0.4, -0.2) is 34.8 Å². The standard InChI is InChI=1S/C7H7F3N2O2S/c8-7(9,10)5(13)1-11-6(14)4-2-15-3-12-4/h2-3,5,13H,1H2,(H,11,14).